The van der Waals surface area contributed by atoms with Gasteiger partial charge in [-0.25, -0.2) is 0 Å². The highest BCUT2D eigenvalue weighted by molar-refractivity contribution is 7.10. The van der Waals surface area contributed by atoms with Gasteiger partial charge in [0.15, 0.2) is 11.5 Å². The quantitative estimate of drug-likeness (QED) is 0.523. The minimum atomic E-state index is -0.0667. The second-order valence-electron chi connectivity index (χ2n) is 8.70. The molecular weight excluding hydrogens is 440 g/mol. The molecule has 1 aromatic heterocycles. The first-order chi connectivity index (χ1) is 16.0. The van der Waals surface area contributed by atoms with Crippen LogP contribution in [0.15, 0.2) is 29.6 Å². The third-order valence-corrected chi connectivity index (χ3v) is 7.38. The fraction of sp³-hybridized carbons (Fsp3) is 0.520. The first-order valence-electron chi connectivity index (χ1n) is 11.5. The third-order valence-electron chi connectivity index (χ3n) is 6.37. The van der Waals surface area contributed by atoms with Crippen LogP contribution in [0.1, 0.15) is 41.7 Å². The van der Waals surface area contributed by atoms with E-state index in [2.05, 4.69) is 13.0 Å². The molecule has 0 unspecified atom stereocenters. The Bertz CT molecular complexity index is 969. The largest absolute Gasteiger partial charge is 0.454 e. The van der Waals surface area contributed by atoms with Crippen molar-refractivity contribution in [1.29, 1.82) is 0 Å². The highest BCUT2D eigenvalue weighted by atomic mass is 32.1. The molecule has 7 nitrogen and oxygen atoms in total. The van der Waals surface area contributed by atoms with Crippen molar-refractivity contribution in [1.82, 2.24) is 9.80 Å². The number of nitrogens with zero attached hydrogens (tertiary/aromatic N) is 2. The van der Waals surface area contributed by atoms with E-state index >= 15 is 0 Å². The summed E-state index contributed by atoms with van der Waals surface area (Å²) in [4.78, 5) is 31.4. The van der Waals surface area contributed by atoms with E-state index in [9.17, 15) is 9.59 Å². The Balaban J connectivity index is 1.51. The molecule has 0 saturated heterocycles. The summed E-state index contributed by atoms with van der Waals surface area (Å²) in [5.74, 6) is 1.46. The molecule has 8 heteroatoms. The Hall–Kier alpha value is -2.58. The predicted molar refractivity (Wildman–Crippen MR) is 126 cm³/mol. The van der Waals surface area contributed by atoms with Crippen LogP contribution in [0.5, 0.6) is 11.5 Å². The first-order valence-corrected chi connectivity index (χ1v) is 12.4. The molecule has 2 aromatic rings. The number of methoxy groups -OCH3 is 1. The predicted octanol–water partition coefficient (Wildman–Crippen LogP) is 3.98. The molecule has 2 amide bonds. The summed E-state index contributed by atoms with van der Waals surface area (Å²) in [7, 11) is 1.62. The molecule has 0 radical (unpaired) electrons. The summed E-state index contributed by atoms with van der Waals surface area (Å²) >= 11 is 1.65. The number of fused-ring (bicyclic) bond motifs is 1. The average molecular weight is 473 g/mol. The summed E-state index contributed by atoms with van der Waals surface area (Å²) in [5, 5.41) is 2.04. The topological polar surface area (TPSA) is 68.3 Å². The molecule has 0 spiro atoms. The van der Waals surface area contributed by atoms with Crippen LogP contribution in [0.4, 0.5) is 0 Å². The Morgan fingerprint density at radius 3 is 2.61 bits per heavy atom. The van der Waals surface area contributed by atoms with Crippen molar-refractivity contribution in [2.45, 2.75) is 45.7 Å². The highest BCUT2D eigenvalue weighted by Crippen LogP contribution is 2.33. The summed E-state index contributed by atoms with van der Waals surface area (Å²) in [5.41, 5.74) is 2.13. The van der Waals surface area contributed by atoms with Crippen molar-refractivity contribution >= 4 is 23.2 Å². The van der Waals surface area contributed by atoms with Crippen molar-refractivity contribution in [2.75, 3.05) is 33.6 Å². The molecular formula is C25H32N2O5S. The van der Waals surface area contributed by atoms with Gasteiger partial charge in [0, 0.05) is 31.0 Å². The van der Waals surface area contributed by atoms with Crippen molar-refractivity contribution in [2.24, 2.45) is 5.92 Å². The van der Waals surface area contributed by atoms with E-state index in [1.54, 1.807) is 23.3 Å². The maximum Gasteiger partial charge on any atom is 0.242 e. The summed E-state index contributed by atoms with van der Waals surface area (Å²) in [6.07, 6.45) is 3.98. The lowest BCUT2D eigenvalue weighted by atomic mass is 10.1. The molecule has 1 aliphatic heterocycles. The van der Waals surface area contributed by atoms with Gasteiger partial charge in [-0.3, -0.25) is 9.59 Å². The number of carbonyl (C=O) groups is 2. The molecule has 1 aliphatic carbocycles. The Morgan fingerprint density at radius 1 is 1.09 bits per heavy atom. The van der Waals surface area contributed by atoms with Crippen LogP contribution in [0, 0.1) is 12.8 Å². The number of carbonyl (C=O) groups excluding carboxylic acids is 2. The van der Waals surface area contributed by atoms with Gasteiger partial charge in [0.25, 0.3) is 0 Å². The average Bonchev–Trinajstić information content (AvgIpc) is 3.58. The zero-order chi connectivity index (χ0) is 23.2. The van der Waals surface area contributed by atoms with Crippen LogP contribution < -0.4 is 9.47 Å². The van der Waals surface area contributed by atoms with Gasteiger partial charge in [-0.1, -0.05) is 18.9 Å². The summed E-state index contributed by atoms with van der Waals surface area (Å²) in [6, 6.07) is 7.83. The van der Waals surface area contributed by atoms with Gasteiger partial charge in [0.05, 0.1) is 19.7 Å². The number of amides is 2. The van der Waals surface area contributed by atoms with Crippen molar-refractivity contribution in [3.05, 3.63) is 45.6 Å². The molecule has 1 fully saturated rings. The molecule has 0 bridgehead atoms. The molecule has 33 heavy (non-hydrogen) atoms. The minimum absolute atomic E-state index is 0.0245. The third kappa shape index (κ3) is 5.86. The first kappa shape index (κ1) is 23.6. The van der Waals surface area contributed by atoms with Crippen LogP contribution in [-0.2, 0) is 27.4 Å². The lowest BCUT2D eigenvalue weighted by Crippen LogP contribution is -2.45. The monoisotopic (exact) mass is 472 g/mol. The van der Waals surface area contributed by atoms with Gasteiger partial charge >= 0.3 is 0 Å². The summed E-state index contributed by atoms with van der Waals surface area (Å²) in [6.45, 7) is 4.12. The molecule has 1 saturated carbocycles. The van der Waals surface area contributed by atoms with Crippen LogP contribution in [0.3, 0.4) is 0 Å². The number of rotatable bonds is 10. The van der Waals surface area contributed by atoms with Gasteiger partial charge in [-0.2, -0.15) is 0 Å². The fourth-order valence-corrected chi connectivity index (χ4v) is 5.31. The maximum absolute atomic E-state index is 13.6. The van der Waals surface area contributed by atoms with Crippen molar-refractivity contribution < 1.29 is 23.8 Å². The Morgan fingerprint density at radius 2 is 1.88 bits per heavy atom. The van der Waals surface area contributed by atoms with Crippen molar-refractivity contribution in [3.8, 4) is 11.5 Å². The van der Waals surface area contributed by atoms with E-state index < -0.39 is 0 Å². The number of benzene rings is 1. The summed E-state index contributed by atoms with van der Waals surface area (Å²) < 4.78 is 16.2. The number of hydrogen-bond donors (Lipinski definition) is 0. The second kappa shape index (κ2) is 11.0. The second-order valence-corrected chi connectivity index (χ2v) is 9.70. The number of aryl methyl sites for hydroxylation is 1. The Kier molecular flexibility index (Phi) is 7.88. The number of ether oxygens (including phenoxy) is 3. The van der Waals surface area contributed by atoms with E-state index in [0.29, 0.717) is 32.0 Å². The van der Waals surface area contributed by atoms with Crippen LogP contribution >= 0.6 is 11.3 Å². The van der Waals surface area contributed by atoms with Gasteiger partial charge in [-0.05, 0) is 54.5 Å². The Labute approximate surface area is 199 Å². The number of hydrogen-bond acceptors (Lipinski definition) is 6. The maximum atomic E-state index is 13.6. The zero-order valence-electron chi connectivity index (χ0n) is 19.4. The molecule has 178 valence electrons. The van der Waals surface area contributed by atoms with E-state index in [1.807, 2.05) is 28.5 Å². The lowest BCUT2D eigenvalue weighted by Gasteiger charge is -2.29. The minimum Gasteiger partial charge on any atom is -0.454 e. The molecule has 2 heterocycles. The van der Waals surface area contributed by atoms with E-state index in [4.69, 9.17) is 14.2 Å². The van der Waals surface area contributed by atoms with Gasteiger partial charge < -0.3 is 24.0 Å². The van der Waals surface area contributed by atoms with E-state index in [0.717, 1.165) is 41.9 Å². The van der Waals surface area contributed by atoms with Gasteiger partial charge in [-0.15, -0.1) is 11.3 Å². The standard InChI is InChI=1S/C25H32N2O5S/c1-18-9-12-33-23(18)15-27(14-19-7-8-21-22(13-19)32-17-31-21)24(28)16-26(10-11-30-2)25(29)20-5-3-4-6-20/h7-9,12-13,20H,3-6,10-11,14-17H2,1-2H3. The molecule has 4 rings (SSSR count). The SMILES string of the molecule is COCCN(CC(=O)N(Cc1ccc2c(c1)OCO2)Cc1sccc1C)C(=O)C1CCCC1. The van der Waals surface area contributed by atoms with Crippen LogP contribution in [0.25, 0.3) is 0 Å². The molecule has 1 aromatic carbocycles. The molecule has 0 atom stereocenters. The van der Waals surface area contributed by atoms with Crippen molar-refractivity contribution in [3.63, 3.8) is 0 Å². The van der Waals surface area contributed by atoms with E-state index in [1.165, 1.54) is 5.56 Å². The van der Waals surface area contributed by atoms with Crippen LogP contribution in [0.2, 0.25) is 0 Å². The normalized spacial score (nSPS) is 15.1. The van der Waals surface area contributed by atoms with Gasteiger partial charge in [0.2, 0.25) is 18.6 Å². The van der Waals surface area contributed by atoms with Crippen LogP contribution in [-0.4, -0.2) is 55.2 Å². The highest BCUT2D eigenvalue weighted by Gasteiger charge is 2.29. The van der Waals surface area contributed by atoms with E-state index in [-0.39, 0.29) is 31.1 Å². The fourth-order valence-electron chi connectivity index (χ4n) is 4.39. The molecule has 2 aliphatic rings. The molecule has 0 N–H and O–H groups in total. The van der Waals surface area contributed by atoms with Gasteiger partial charge in [0.1, 0.15) is 0 Å². The number of thiophene rings is 1. The smallest absolute Gasteiger partial charge is 0.242 e. The lowest BCUT2D eigenvalue weighted by molar-refractivity contribution is -0.144. The zero-order valence-corrected chi connectivity index (χ0v) is 20.2.